The van der Waals surface area contributed by atoms with Gasteiger partial charge < -0.3 is 9.80 Å². The fourth-order valence-corrected chi connectivity index (χ4v) is 3.67. The molecule has 0 unspecified atom stereocenters. The quantitative estimate of drug-likeness (QED) is 0.786. The Bertz CT molecular complexity index is 888. The van der Waals surface area contributed by atoms with E-state index in [0.717, 1.165) is 48.5 Å². The summed E-state index contributed by atoms with van der Waals surface area (Å²) in [5, 5.41) is 1.79. The monoisotopic (exact) mass is 353 g/mol. The van der Waals surface area contributed by atoms with Gasteiger partial charge >= 0.3 is 0 Å². The van der Waals surface area contributed by atoms with Gasteiger partial charge in [0, 0.05) is 10.9 Å². The van der Waals surface area contributed by atoms with E-state index in [1.54, 1.807) is 4.90 Å². The first-order valence-electron chi connectivity index (χ1n) is 8.86. The number of likely N-dealkylation sites (N-methyl/N-ethyl adjacent to an activating group) is 1. The molecule has 25 heavy (non-hydrogen) atoms. The number of aromatic nitrogens is 2. The lowest BCUT2D eigenvalue weighted by atomic mass is 10.1. The molecule has 1 aliphatic heterocycles. The van der Waals surface area contributed by atoms with Crippen molar-refractivity contribution >= 4 is 28.3 Å². The van der Waals surface area contributed by atoms with E-state index in [2.05, 4.69) is 30.0 Å². The molecule has 3 aromatic rings. The summed E-state index contributed by atoms with van der Waals surface area (Å²) in [6.07, 6.45) is 0. The molecule has 4 rings (SSSR count). The van der Waals surface area contributed by atoms with E-state index in [1.165, 1.54) is 6.54 Å². The summed E-state index contributed by atoms with van der Waals surface area (Å²) < 4.78 is 0. The van der Waals surface area contributed by atoms with Crippen molar-refractivity contribution in [2.75, 3.05) is 37.6 Å². The van der Waals surface area contributed by atoms with Crippen molar-refractivity contribution in [3.05, 3.63) is 53.6 Å². The number of fused-ring (bicyclic) bond motifs is 1. The topological polar surface area (TPSA) is 33.5 Å². The first kappa shape index (κ1) is 16.3. The van der Waals surface area contributed by atoms with Crippen molar-refractivity contribution in [1.29, 1.82) is 0 Å². The molecule has 0 bridgehead atoms. The number of anilines is 1. The van der Waals surface area contributed by atoms with E-state index in [9.17, 15) is 0 Å². The van der Waals surface area contributed by atoms with Gasteiger partial charge in [0.2, 0.25) is 0 Å². The predicted molar refractivity (Wildman–Crippen MR) is 103 cm³/mol. The van der Waals surface area contributed by atoms with Crippen LogP contribution in [0, 0.1) is 0 Å². The summed E-state index contributed by atoms with van der Waals surface area (Å²) in [7, 11) is 0. The molecule has 0 spiro atoms. The first-order chi connectivity index (χ1) is 12.3. The van der Waals surface area contributed by atoms with E-state index in [4.69, 9.17) is 21.6 Å². The minimum atomic E-state index is 0.684. The van der Waals surface area contributed by atoms with Crippen molar-refractivity contribution in [2.24, 2.45) is 0 Å². The van der Waals surface area contributed by atoms with Crippen LogP contribution in [-0.2, 0) is 0 Å². The smallest absolute Gasteiger partial charge is 0.163 e. The molecule has 0 aliphatic carbocycles. The molecule has 5 heteroatoms. The Morgan fingerprint density at radius 3 is 2.48 bits per heavy atom. The summed E-state index contributed by atoms with van der Waals surface area (Å²) in [6.45, 7) is 7.77. The Labute approximate surface area is 153 Å². The number of rotatable bonds is 3. The third-order valence-electron chi connectivity index (χ3n) is 4.97. The summed E-state index contributed by atoms with van der Waals surface area (Å²) in [6, 6.07) is 16.0. The molecule has 0 radical (unpaired) electrons. The second kappa shape index (κ2) is 6.98. The molecule has 2 aromatic carbocycles. The molecular weight excluding hydrogens is 332 g/mol. The Kier molecular flexibility index (Phi) is 4.55. The molecular formula is C20H22ClN4+. The second-order valence-electron chi connectivity index (χ2n) is 6.46. The van der Waals surface area contributed by atoms with Gasteiger partial charge in [0.1, 0.15) is 5.82 Å². The van der Waals surface area contributed by atoms with Gasteiger partial charge in [-0.25, -0.2) is 9.97 Å². The van der Waals surface area contributed by atoms with E-state index in [0.29, 0.717) is 10.8 Å². The van der Waals surface area contributed by atoms with Gasteiger partial charge in [-0.2, -0.15) is 0 Å². The van der Waals surface area contributed by atoms with E-state index < -0.39 is 0 Å². The zero-order valence-electron chi connectivity index (χ0n) is 14.4. The largest absolute Gasteiger partial charge is 0.345 e. The van der Waals surface area contributed by atoms with Crippen molar-refractivity contribution in [2.45, 2.75) is 6.92 Å². The van der Waals surface area contributed by atoms with Crippen LogP contribution in [0.15, 0.2) is 48.5 Å². The molecule has 0 atom stereocenters. The van der Waals surface area contributed by atoms with Crippen LogP contribution in [-0.4, -0.2) is 42.7 Å². The minimum Gasteiger partial charge on any atom is -0.345 e. The predicted octanol–water partition coefficient (Wildman–Crippen LogP) is 2.68. The maximum absolute atomic E-state index is 6.39. The van der Waals surface area contributed by atoms with Crippen molar-refractivity contribution in [1.82, 2.24) is 9.97 Å². The van der Waals surface area contributed by atoms with Crippen LogP contribution in [0.4, 0.5) is 5.82 Å². The Morgan fingerprint density at radius 2 is 1.72 bits per heavy atom. The maximum Gasteiger partial charge on any atom is 0.163 e. The lowest BCUT2D eigenvalue weighted by molar-refractivity contribution is -0.898. The third kappa shape index (κ3) is 3.20. The number of piperazine rings is 1. The molecule has 4 nitrogen and oxygen atoms in total. The molecule has 0 amide bonds. The van der Waals surface area contributed by atoms with Crippen molar-refractivity contribution < 1.29 is 4.90 Å². The van der Waals surface area contributed by atoms with Crippen LogP contribution in [0.1, 0.15) is 6.92 Å². The number of nitrogens with one attached hydrogen (secondary N) is 1. The van der Waals surface area contributed by atoms with Crippen LogP contribution in [0.3, 0.4) is 0 Å². The van der Waals surface area contributed by atoms with Crippen LogP contribution in [0.5, 0.6) is 0 Å². The Balaban J connectivity index is 1.81. The SMILES string of the molecule is CC[NH+]1CCN(c2nc(-c3ccccc3Cl)nc3ccccc23)CC1. The zero-order chi connectivity index (χ0) is 17.2. The lowest BCUT2D eigenvalue weighted by Crippen LogP contribution is -3.14. The second-order valence-corrected chi connectivity index (χ2v) is 6.87. The van der Waals surface area contributed by atoms with Gasteiger partial charge in [-0.3, -0.25) is 0 Å². The number of nitrogens with zero attached hydrogens (tertiary/aromatic N) is 3. The normalized spacial score (nSPS) is 15.7. The first-order valence-corrected chi connectivity index (χ1v) is 9.24. The van der Waals surface area contributed by atoms with Crippen molar-refractivity contribution in [3.8, 4) is 11.4 Å². The maximum atomic E-state index is 6.39. The summed E-state index contributed by atoms with van der Waals surface area (Å²) in [5.41, 5.74) is 1.85. The van der Waals surface area contributed by atoms with Crippen molar-refractivity contribution in [3.63, 3.8) is 0 Å². The zero-order valence-corrected chi connectivity index (χ0v) is 15.1. The average Bonchev–Trinajstić information content (AvgIpc) is 2.67. The van der Waals surface area contributed by atoms with Crippen LogP contribution >= 0.6 is 11.6 Å². The molecule has 128 valence electrons. The molecule has 1 fully saturated rings. The Morgan fingerprint density at radius 1 is 1.00 bits per heavy atom. The van der Waals surface area contributed by atoms with Gasteiger partial charge in [0.15, 0.2) is 5.82 Å². The van der Waals surface area contributed by atoms with Crippen LogP contribution < -0.4 is 9.80 Å². The fourth-order valence-electron chi connectivity index (χ4n) is 3.45. The minimum absolute atomic E-state index is 0.684. The van der Waals surface area contributed by atoms with Gasteiger partial charge in [0.25, 0.3) is 0 Å². The highest BCUT2D eigenvalue weighted by molar-refractivity contribution is 6.33. The number of quaternary nitrogens is 1. The Hall–Kier alpha value is -2.17. The van der Waals surface area contributed by atoms with Gasteiger partial charge in [-0.15, -0.1) is 0 Å². The standard InChI is InChI=1S/C20H21ClN4/c1-2-24-11-13-25(14-12-24)20-16-8-4-6-10-18(16)22-19(23-20)15-7-3-5-9-17(15)21/h3-10H,2,11-14H2,1H3/p+1. The van der Waals surface area contributed by atoms with E-state index in [-0.39, 0.29) is 0 Å². The van der Waals surface area contributed by atoms with Gasteiger partial charge in [-0.05, 0) is 31.2 Å². The summed E-state index contributed by atoms with van der Waals surface area (Å²) >= 11 is 6.39. The molecule has 1 aliphatic rings. The number of para-hydroxylation sites is 1. The summed E-state index contributed by atoms with van der Waals surface area (Å²) in [5.74, 6) is 1.72. The van der Waals surface area contributed by atoms with Crippen LogP contribution in [0.2, 0.25) is 5.02 Å². The number of hydrogen-bond donors (Lipinski definition) is 1. The van der Waals surface area contributed by atoms with Gasteiger partial charge in [0.05, 0.1) is 43.3 Å². The fraction of sp³-hybridized carbons (Fsp3) is 0.300. The molecule has 1 aromatic heterocycles. The highest BCUT2D eigenvalue weighted by Crippen LogP contribution is 2.30. The molecule has 0 saturated carbocycles. The average molecular weight is 354 g/mol. The highest BCUT2D eigenvalue weighted by Gasteiger charge is 2.22. The lowest BCUT2D eigenvalue weighted by Gasteiger charge is -2.33. The number of hydrogen-bond acceptors (Lipinski definition) is 3. The van der Waals surface area contributed by atoms with Gasteiger partial charge in [-0.1, -0.05) is 35.9 Å². The highest BCUT2D eigenvalue weighted by atomic mass is 35.5. The van der Waals surface area contributed by atoms with E-state index in [1.807, 2.05) is 30.3 Å². The molecule has 2 heterocycles. The molecule has 1 saturated heterocycles. The van der Waals surface area contributed by atoms with Crippen LogP contribution in [0.25, 0.3) is 22.3 Å². The summed E-state index contributed by atoms with van der Waals surface area (Å²) in [4.78, 5) is 13.7. The number of halogens is 1. The third-order valence-corrected chi connectivity index (χ3v) is 5.30. The number of benzene rings is 2. The molecule has 1 N–H and O–H groups in total. The van der Waals surface area contributed by atoms with E-state index >= 15 is 0 Å².